The predicted octanol–water partition coefficient (Wildman–Crippen LogP) is 3.26. The first kappa shape index (κ1) is 16.3. The Hall–Kier alpha value is -2.59. The second kappa shape index (κ2) is 7.32. The fraction of sp³-hybridized carbons (Fsp3) is 0.250. The number of aliphatic hydroxyl groups is 1. The SMILES string of the molecule is C[C@@H](CO)NC(=O)CCc1c(-c2ccccc2)[nH]c2ccccc12. The normalized spacial score (nSPS) is 12.2. The summed E-state index contributed by atoms with van der Waals surface area (Å²) in [5, 5.41) is 13.0. The van der Waals surface area contributed by atoms with E-state index >= 15 is 0 Å². The molecule has 3 aromatic rings. The van der Waals surface area contributed by atoms with Gasteiger partial charge in [-0.25, -0.2) is 0 Å². The van der Waals surface area contributed by atoms with E-state index in [4.69, 9.17) is 5.11 Å². The average molecular weight is 322 g/mol. The second-order valence-electron chi connectivity index (χ2n) is 6.04. The minimum Gasteiger partial charge on any atom is -0.394 e. The minimum atomic E-state index is -0.214. The molecular formula is C20H22N2O2. The van der Waals surface area contributed by atoms with Crippen molar-refractivity contribution < 1.29 is 9.90 Å². The van der Waals surface area contributed by atoms with E-state index in [1.54, 1.807) is 6.92 Å². The van der Waals surface area contributed by atoms with Crippen LogP contribution in [0.1, 0.15) is 18.9 Å². The van der Waals surface area contributed by atoms with Crippen molar-refractivity contribution in [2.45, 2.75) is 25.8 Å². The van der Waals surface area contributed by atoms with Gasteiger partial charge in [0.1, 0.15) is 0 Å². The van der Waals surface area contributed by atoms with Crippen LogP contribution in [-0.2, 0) is 11.2 Å². The molecule has 1 heterocycles. The van der Waals surface area contributed by atoms with Crippen LogP contribution < -0.4 is 5.32 Å². The fourth-order valence-corrected chi connectivity index (χ4v) is 2.94. The van der Waals surface area contributed by atoms with Gasteiger partial charge in [0, 0.05) is 29.1 Å². The molecule has 3 N–H and O–H groups in total. The maximum atomic E-state index is 12.1. The fourth-order valence-electron chi connectivity index (χ4n) is 2.94. The number of nitrogens with one attached hydrogen (secondary N) is 2. The summed E-state index contributed by atoms with van der Waals surface area (Å²) in [6.45, 7) is 1.74. The quantitative estimate of drug-likeness (QED) is 0.652. The van der Waals surface area contributed by atoms with Crippen molar-refractivity contribution in [3.63, 3.8) is 0 Å². The highest BCUT2D eigenvalue weighted by molar-refractivity contribution is 5.91. The summed E-state index contributed by atoms with van der Waals surface area (Å²) in [6.07, 6.45) is 1.05. The molecule has 124 valence electrons. The molecule has 3 rings (SSSR count). The van der Waals surface area contributed by atoms with Crippen molar-refractivity contribution in [2.75, 3.05) is 6.61 Å². The maximum absolute atomic E-state index is 12.1. The number of para-hydroxylation sites is 1. The zero-order chi connectivity index (χ0) is 16.9. The molecule has 1 atom stereocenters. The summed E-state index contributed by atoms with van der Waals surface area (Å²) in [7, 11) is 0. The number of aromatic amines is 1. The molecule has 0 radical (unpaired) electrons. The summed E-state index contributed by atoms with van der Waals surface area (Å²) in [5.41, 5.74) is 4.42. The second-order valence-corrected chi connectivity index (χ2v) is 6.04. The molecule has 1 amide bonds. The van der Waals surface area contributed by atoms with Crippen LogP contribution in [0.3, 0.4) is 0 Å². The average Bonchev–Trinajstić information content (AvgIpc) is 2.99. The molecule has 0 fully saturated rings. The van der Waals surface area contributed by atoms with Crippen molar-refractivity contribution in [3.8, 4) is 11.3 Å². The molecule has 0 bridgehead atoms. The highest BCUT2D eigenvalue weighted by Crippen LogP contribution is 2.31. The Morgan fingerprint density at radius 1 is 1.12 bits per heavy atom. The lowest BCUT2D eigenvalue weighted by molar-refractivity contribution is -0.121. The number of H-pyrrole nitrogens is 1. The van der Waals surface area contributed by atoms with E-state index in [2.05, 4.69) is 34.6 Å². The van der Waals surface area contributed by atoms with Crippen LogP contribution in [0.25, 0.3) is 22.2 Å². The molecule has 0 saturated carbocycles. The molecule has 0 spiro atoms. The summed E-state index contributed by atoms with van der Waals surface area (Å²) in [4.78, 5) is 15.5. The Kier molecular flexibility index (Phi) is 4.96. The number of amides is 1. The van der Waals surface area contributed by atoms with Crippen molar-refractivity contribution in [1.29, 1.82) is 0 Å². The summed E-state index contributed by atoms with van der Waals surface area (Å²) < 4.78 is 0. The van der Waals surface area contributed by atoms with Crippen molar-refractivity contribution in [1.82, 2.24) is 10.3 Å². The van der Waals surface area contributed by atoms with Crippen molar-refractivity contribution >= 4 is 16.8 Å². The third-order valence-electron chi connectivity index (χ3n) is 4.16. The van der Waals surface area contributed by atoms with Gasteiger partial charge < -0.3 is 15.4 Å². The lowest BCUT2D eigenvalue weighted by Gasteiger charge is -2.11. The number of aryl methyl sites for hydroxylation is 1. The van der Waals surface area contributed by atoms with Gasteiger partial charge in [0.15, 0.2) is 0 Å². The molecule has 4 nitrogen and oxygen atoms in total. The zero-order valence-corrected chi connectivity index (χ0v) is 13.8. The number of carbonyl (C=O) groups excluding carboxylic acids is 1. The first-order valence-corrected chi connectivity index (χ1v) is 8.24. The third-order valence-corrected chi connectivity index (χ3v) is 4.16. The van der Waals surface area contributed by atoms with E-state index in [1.807, 2.05) is 30.3 Å². The maximum Gasteiger partial charge on any atom is 0.220 e. The van der Waals surface area contributed by atoms with E-state index < -0.39 is 0 Å². The summed E-state index contributed by atoms with van der Waals surface area (Å²) in [5.74, 6) is -0.0409. The highest BCUT2D eigenvalue weighted by Gasteiger charge is 2.14. The van der Waals surface area contributed by atoms with Crippen molar-refractivity contribution in [3.05, 3.63) is 60.2 Å². The first-order chi connectivity index (χ1) is 11.7. The van der Waals surface area contributed by atoms with Crippen LogP contribution in [0.15, 0.2) is 54.6 Å². The number of benzene rings is 2. The van der Waals surface area contributed by atoms with Crippen LogP contribution in [0.2, 0.25) is 0 Å². The molecule has 1 aromatic heterocycles. The lowest BCUT2D eigenvalue weighted by Crippen LogP contribution is -2.35. The number of rotatable bonds is 6. The van der Waals surface area contributed by atoms with Gasteiger partial charge in [-0.15, -0.1) is 0 Å². The van der Waals surface area contributed by atoms with E-state index in [-0.39, 0.29) is 18.6 Å². The Morgan fingerprint density at radius 3 is 2.58 bits per heavy atom. The number of aliphatic hydroxyl groups excluding tert-OH is 1. The molecule has 0 aliphatic rings. The monoisotopic (exact) mass is 322 g/mol. The number of hydrogen-bond acceptors (Lipinski definition) is 2. The number of hydrogen-bond donors (Lipinski definition) is 3. The number of fused-ring (bicyclic) bond motifs is 1. The van der Waals surface area contributed by atoms with Gasteiger partial charge in [-0.2, -0.15) is 0 Å². The van der Waals surface area contributed by atoms with Crippen LogP contribution >= 0.6 is 0 Å². The largest absolute Gasteiger partial charge is 0.394 e. The van der Waals surface area contributed by atoms with Gasteiger partial charge in [-0.1, -0.05) is 48.5 Å². The summed E-state index contributed by atoms with van der Waals surface area (Å²) >= 11 is 0. The van der Waals surface area contributed by atoms with Crippen LogP contribution in [0.5, 0.6) is 0 Å². The predicted molar refractivity (Wildman–Crippen MR) is 96.7 cm³/mol. The van der Waals surface area contributed by atoms with E-state index in [0.717, 1.165) is 27.7 Å². The molecule has 4 heteroatoms. The molecule has 0 saturated heterocycles. The molecule has 0 unspecified atom stereocenters. The van der Waals surface area contributed by atoms with Gasteiger partial charge in [0.05, 0.1) is 6.61 Å². The zero-order valence-electron chi connectivity index (χ0n) is 13.8. The number of aromatic nitrogens is 1. The Bertz CT molecular complexity index is 824. The van der Waals surface area contributed by atoms with Gasteiger partial charge in [-0.3, -0.25) is 4.79 Å². The third kappa shape index (κ3) is 3.49. The summed E-state index contributed by atoms with van der Waals surface area (Å²) in [6, 6.07) is 18.1. The standard InChI is InChI=1S/C20H22N2O2/c1-14(13-23)21-19(24)12-11-17-16-9-5-6-10-18(16)22-20(17)15-7-3-2-4-8-15/h2-10,14,22-23H,11-13H2,1H3,(H,21,24)/t14-/m0/s1. The van der Waals surface area contributed by atoms with Crippen LogP contribution in [-0.4, -0.2) is 28.6 Å². The van der Waals surface area contributed by atoms with Gasteiger partial charge in [0.25, 0.3) is 0 Å². The Balaban J connectivity index is 1.90. The highest BCUT2D eigenvalue weighted by atomic mass is 16.3. The van der Waals surface area contributed by atoms with E-state index in [0.29, 0.717) is 12.8 Å². The first-order valence-electron chi connectivity index (χ1n) is 8.24. The van der Waals surface area contributed by atoms with Crippen LogP contribution in [0, 0.1) is 0 Å². The molecule has 0 aliphatic heterocycles. The van der Waals surface area contributed by atoms with E-state index in [1.165, 1.54) is 0 Å². The van der Waals surface area contributed by atoms with Crippen molar-refractivity contribution in [2.24, 2.45) is 0 Å². The van der Waals surface area contributed by atoms with E-state index in [9.17, 15) is 4.79 Å². The van der Waals surface area contributed by atoms with Gasteiger partial charge >= 0.3 is 0 Å². The number of carbonyl (C=O) groups is 1. The smallest absolute Gasteiger partial charge is 0.220 e. The van der Waals surface area contributed by atoms with Gasteiger partial charge in [0.2, 0.25) is 5.91 Å². The molecule has 24 heavy (non-hydrogen) atoms. The topological polar surface area (TPSA) is 65.1 Å². The molecule has 0 aliphatic carbocycles. The molecular weight excluding hydrogens is 300 g/mol. The minimum absolute atomic E-state index is 0.0409. The van der Waals surface area contributed by atoms with Crippen LogP contribution in [0.4, 0.5) is 0 Å². The lowest BCUT2D eigenvalue weighted by atomic mass is 10.0. The Labute approximate surface area is 141 Å². The molecule has 2 aromatic carbocycles. The Morgan fingerprint density at radius 2 is 1.83 bits per heavy atom. The van der Waals surface area contributed by atoms with Gasteiger partial charge in [-0.05, 0) is 30.5 Å².